The molecule has 2 N–H and O–H groups in total. The maximum Gasteiger partial charge on any atom is 0.123 e. The van der Waals surface area contributed by atoms with E-state index in [4.69, 9.17) is 0 Å². The summed E-state index contributed by atoms with van der Waals surface area (Å²) in [6.07, 6.45) is 9.74. The molecule has 40 heavy (non-hydrogen) atoms. The quantitative estimate of drug-likeness (QED) is 0.240. The molecule has 0 bridgehead atoms. The fourth-order valence-corrected chi connectivity index (χ4v) is 5.09. The Kier molecular flexibility index (Phi) is 6.94. The Morgan fingerprint density at radius 3 is 2.50 bits per heavy atom. The minimum absolute atomic E-state index is 0.247. The number of hydrogen-bond acceptors (Lipinski definition) is 2. The molecule has 0 radical (unpaired) electrons. The van der Waals surface area contributed by atoms with Gasteiger partial charge in [0.2, 0.25) is 0 Å². The lowest BCUT2D eigenvalue weighted by atomic mass is 10.0. The second-order valence-corrected chi connectivity index (χ2v) is 9.88. The lowest BCUT2D eigenvalue weighted by Gasteiger charge is -2.05. The second kappa shape index (κ2) is 11.0. The molecule has 0 aliphatic rings. The van der Waals surface area contributed by atoms with Crippen LogP contribution in [0.5, 0.6) is 0 Å². The normalized spacial score (nSPS) is 12.3. The molecule has 4 nitrogen and oxygen atoms in total. The average Bonchev–Trinajstić information content (AvgIpc) is 3.61. The van der Waals surface area contributed by atoms with E-state index in [0.717, 1.165) is 68.0 Å². The third-order valence-corrected chi connectivity index (χ3v) is 7.23. The van der Waals surface area contributed by atoms with Gasteiger partial charge in [-0.3, -0.25) is 10.1 Å². The Bertz CT molecular complexity index is 1930. The average molecular weight is 525 g/mol. The predicted molar refractivity (Wildman–Crippen MR) is 162 cm³/mol. The van der Waals surface area contributed by atoms with Gasteiger partial charge in [0.1, 0.15) is 11.5 Å². The van der Waals surface area contributed by atoms with Crippen LogP contribution in [0, 0.1) is 5.82 Å². The molecule has 196 valence electrons. The molecule has 0 saturated carbocycles. The third kappa shape index (κ3) is 5.14. The molecule has 3 aromatic carbocycles. The maximum atomic E-state index is 13.5. The largest absolute Gasteiger partial charge is 0.353 e. The van der Waals surface area contributed by atoms with Crippen molar-refractivity contribution in [1.29, 1.82) is 0 Å². The standard InChI is InChI=1S/C35H29FN4/c1-3-32-31(18-23(2)27-19-25(21-37-22-27)13-12-24-8-5-4-6-9-24)35(40-39-32)34-20-30-29(10-7-11-33(30)38-34)26-14-16-28(36)17-15-26/h3-11,14-22,38-39H,2,12-13H2,1H3/b31-18+,32-3+. The van der Waals surface area contributed by atoms with E-state index in [-0.39, 0.29) is 5.82 Å². The maximum absolute atomic E-state index is 13.5. The summed E-state index contributed by atoms with van der Waals surface area (Å²) in [5.41, 5.74) is 9.01. The molecular formula is C35H29FN4. The van der Waals surface area contributed by atoms with Gasteiger partial charge in [0.15, 0.2) is 0 Å². The van der Waals surface area contributed by atoms with Crippen LogP contribution in [-0.2, 0) is 12.8 Å². The SMILES string of the molecule is C=C(/C=c1/c(-c2cc3c(-c4ccc(F)cc4)cccc3[nH]2)n[nH]/c1=C/C)c1cncc(CCc2ccccc2)c1. The van der Waals surface area contributed by atoms with Crippen LogP contribution in [-0.4, -0.2) is 20.2 Å². The summed E-state index contributed by atoms with van der Waals surface area (Å²) in [5.74, 6) is -0.247. The lowest BCUT2D eigenvalue weighted by molar-refractivity contribution is 0.628. The molecule has 5 heteroatoms. The highest BCUT2D eigenvalue weighted by Crippen LogP contribution is 2.31. The van der Waals surface area contributed by atoms with Crippen molar-refractivity contribution in [2.75, 3.05) is 0 Å². The van der Waals surface area contributed by atoms with Gasteiger partial charge in [-0.05, 0) is 89.6 Å². The number of rotatable bonds is 7. The number of hydrogen-bond donors (Lipinski definition) is 2. The van der Waals surface area contributed by atoms with E-state index in [1.165, 1.54) is 23.3 Å². The third-order valence-electron chi connectivity index (χ3n) is 7.23. The number of nitrogens with one attached hydrogen (secondary N) is 2. The number of pyridine rings is 1. The molecule has 0 aliphatic heterocycles. The summed E-state index contributed by atoms with van der Waals surface area (Å²) in [5, 5.41) is 10.8. The van der Waals surface area contributed by atoms with Crippen LogP contribution in [0.1, 0.15) is 23.6 Å². The zero-order chi connectivity index (χ0) is 27.5. The van der Waals surface area contributed by atoms with Gasteiger partial charge in [0.05, 0.1) is 11.0 Å². The minimum atomic E-state index is -0.247. The van der Waals surface area contributed by atoms with Gasteiger partial charge >= 0.3 is 0 Å². The highest BCUT2D eigenvalue weighted by molar-refractivity contribution is 5.98. The smallest absolute Gasteiger partial charge is 0.123 e. The molecule has 0 fully saturated rings. The number of aryl methyl sites for hydroxylation is 2. The monoisotopic (exact) mass is 524 g/mol. The summed E-state index contributed by atoms with van der Waals surface area (Å²) in [6.45, 7) is 6.37. The number of allylic oxidation sites excluding steroid dienone is 1. The first-order valence-electron chi connectivity index (χ1n) is 13.4. The van der Waals surface area contributed by atoms with Crippen molar-refractivity contribution in [3.05, 3.63) is 137 Å². The van der Waals surface area contributed by atoms with Crippen molar-refractivity contribution < 1.29 is 4.39 Å². The van der Waals surface area contributed by atoms with Gasteiger partial charge in [0, 0.05) is 28.5 Å². The molecule has 0 atom stereocenters. The molecule has 0 unspecified atom stereocenters. The van der Waals surface area contributed by atoms with E-state index >= 15 is 0 Å². The van der Waals surface area contributed by atoms with Gasteiger partial charge in [0.25, 0.3) is 0 Å². The number of aromatic amines is 2. The summed E-state index contributed by atoms with van der Waals surface area (Å²) in [4.78, 5) is 8.03. The van der Waals surface area contributed by atoms with Crippen LogP contribution < -0.4 is 10.6 Å². The summed E-state index contributed by atoms with van der Waals surface area (Å²) in [7, 11) is 0. The first kappa shape index (κ1) is 25.3. The van der Waals surface area contributed by atoms with Gasteiger partial charge in [-0.1, -0.05) is 67.3 Å². The summed E-state index contributed by atoms with van der Waals surface area (Å²) in [6, 6.07) is 27.5. The van der Waals surface area contributed by atoms with Crippen molar-refractivity contribution >= 4 is 28.6 Å². The molecular weight excluding hydrogens is 495 g/mol. The molecule has 0 amide bonds. The van der Waals surface area contributed by atoms with Crippen LogP contribution in [0.15, 0.2) is 104 Å². The van der Waals surface area contributed by atoms with Crippen molar-refractivity contribution in [3.63, 3.8) is 0 Å². The Morgan fingerprint density at radius 2 is 1.70 bits per heavy atom. The van der Waals surface area contributed by atoms with E-state index in [2.05, 4.69) is 75.3 Å². The number of nitrogens with zero attached hydrogens (tertiary/aromatic N) is 2. The van der Waals surface area contributed by atoms with Gasteiger partial charge in [-0.25, -0.2) is 4.39 Å². The fraction of sp³-hybridized carbons (Fsp3) is 0.0857. The van der Waals surface area contributed by atoms with Gasteiger partial charge in [-0.2, -0.15) is 5.10 Å². The van der Waals surface area contributed by atoms with Crippen LogP contribution in [0.4, 0.5) is 4.39 Å². The molecule has 3 heterocycles. The number of aromatic nitrogens is 4. The Balaban J connectivity index is 1.35. The van der Waals surface area contributed by atoms with Gasteiger partial charge in [-0.15, -0.1) is 0 Å². The highest BCUT2D eigenvalue weighted by atomic mass is 19.1. The first-order valence-corrected chi connectivity index (χ1v) is 13.4. The summed E-state index contributed by atoms with van der Waals surface area (Å²) >= 11 is 0. The van der Waals surface area contributed by atoms with Gasteiger partial charge < -0.3 is 4.98 Å². The van der Waals surface area contributed by atoms with Crippen molar-refractivity contribution in [3.8, 4) is 22.5 Å². The van der Waals surface area contributed by atoms with Crippen LogP contribution in [0.25, 0.3) is 51.1 Å². The van der Waals surface area contributed by atoms with E-state index in [0.29, 0.717) is 0 Å². The van der Waals surface area contributed by atoms with Crippen LogP contribution in [0.3, 0.4) is 0 Å². The van der Waals surface area contributed by atoms with Crippen LogP contribution >= 0.6 is 0 Å². The fourth-order valence-electron chi connectivity index (χ4n) is 5.09. The zero-order valence-corrected chi connectivity index (χ0v) is 22.3. The van der Waals surface area contributed by atoms with Crippen molar-refractivity contribution in [2.45, 2.75) is 19.8 Å². The minimum Gasteiger partial charge on any atom is -0.353 e. The Labute approximate surface area is 232 Å². The predicted octanol–water partition coefficient (Wildman–Crippen LogP) is 6.84. The van der Waals surface area contributed by atoms with E-state index in [1.54, 1.807) is 12.1 Å². The second-order valence-electron chi connectivity index (χ2n) is 9.88. The van der Waals surface area contributed by atoms with Crippen molar-refractivity contribution in [1.82, 2.24) is 20.2 Å². The topological polar surface area (TPSA) is 57.4 Å². The number of benzene rings is 3. The molecule has 0 saturated heterocycles. The van der Waals surface area contributed by atoms with E-state index in [9.17, 15) is 4.39 Å². The Morgan fingerprint density at radius 1 is 0.900 bits per heavy atom. The van der Waals surface area contributed by atoms with Crippen molar-refractivity contribution in [2.24, 2.45) is 0 Å². The number of H-pyrrole nitrogens is 2. The molecule has 0 spiro atoms. The molecule has 6 rings (SSSR count). The molecule has 0 aliphatic carbocycles. The Hall–Kier alpha value is -5.03. The first-order chi connectivity index (χ1) is 19.6. The molecule has 6 aromatic rings. The highest BCUT2D eigenvalue weighted by Gasteiger charge is 2.13. The zero-order valence-electron chi connectivity index (χ0n) is 22.3. The lowest BCUT2D eigenvalue weighted by Crippen LogP contribution is -2.23. The summed E-state index contributed by atoms with van der Waals surface area (Å²) < 4.78 is 13.5. The van der Waals surface area contributed by atoms with Crippen LogP contribution in [0.2, 0.25) is 0 Å². The molecule has 3 aromatic heterocycles. The van der Waals surface area contributed by atoms with E-state index in [1.807, 2.05) is 43.6 Å². The van der Waals surface area contributed by atoms with E-state index < -0.39 is 0 Å². The number of halogens is 1. The number of fused-ring (bicyclic) bond motifs is 1.